The van der Waals surface area contributed by atoms with Gasteiger partial charge in [0.2, 0.25) is 10.9 Å². The first-order chi connectivity index (χ1) is 9.94. The van der Waals surface area contributed by atoms with Crippen molar-refractivity contribution in [2.75, 3.05) is 10.1 Å². The Bertz CT molecular complexity index is 907. The van der Waals surface area contributed by atoms with Crippen LogP contribution < -0.4 is 16.0 Å². The van der Waals surface area contributed by atoms with Gasteiger partial charge in [-0.1, -0.05) is 5.16 Å². The fourth-order valence-electron chi connectivity index (χ4n) is 1.80. The summed E-state index contributed by atoms with van der Waals surface area (Å²) in [6.45, 7) is 3.43. The number of anilines is 2. The molecule has 0 aromatic carbocycles. The molecule has 3 heterocycles. The molecule has 4 N–H and O–H groups in total. The van der Waals surface area contributed by atoms with Crippen LogP contribution in [0.15, 0.2) is 21.1 Å². The van der Waals surface area contributed by atoms with Crippen LogP contribution in [0.3, 0.4) is 0 Å². The summed E-state index contributed by atoms with van der Waals surface area (Å²) < 4.78 is 33.9. The third-order valence-electron chi connectivity index (χ3n) is 2.99. The van der Waals surface area contributed by atoms with E-state index in [1.807, 2.05) is 0 Å². The minimum absolute atomic E-state index is 0.0586. The number of hydrogen-bond donors (Lipinski definition) is 3. The Hall–Kier alpha value is -2.11. The number of nitrogen functional groups attached to an aromatic ring is 1. The second-order valence-electron chi connectivity index (χ2n) is 4.29. The zero-order valence-electron chi connectivity index (χ0n) is 11.1. The van der Waals surface area contributed by atoms with Gasteiger partial charge in [0, 0.05) is 17.1 Å². The molecule has 0 radical (unpaired) electrons. The number of sulfonamides is 1. The Morgan fingerprint density at radius 3 is 2.81 bits per heavy atom. The molecule has 0 spiro atoms. The van der Waals surface area contributed by atoms with Crippen LogP contribution in [-0.2, 0) is 10.0 Å². The first kappa shape index (κ1) is 13.9. The lowest BCUT2D eigenvalue weighted by Crippen LogP contribution is -2.18. The molecule has 9 nitrogen and oxygen atoms in total. The molecular weight excluding hydrogens is 316 g/mol. The summed E-state index contributed by atoms with van der Waals surface area (Å²) in [6, 6.07) is 0. The molecule has 0 atom stereocenters. The highest BCUT2D eigenvalue weighted by molar-refractivity contribution is 7.92. The van der Waals surface area contributed by atoms with Gasteiger partial charge >= 0.3 is 0 Å². The fraction of sp³-hybridized carbons (Fsp3) is 0.200. The summed E-state index contributed by atoms with van der Waals surface area (Å²) in [6.07, 6.45) is 1.60. The number of rotatable bonds is 4. The van der Waals surface area contributed by atoms with E-state index in [-0.39, 0.29) is 16.7 Å². The second-order valence-corrected chi connectivity index (χ2v) is 6.76. The quantitative estimate of drug-likeness (QED) is 0.483. The number of fused-ring (bicyclic) bond motifs is 1. The number of hydrazine groups is 1. The van der Waals surface area contributed by atoms with Gasteiger partial charge in [0.1, 0.15) is 0 Å². The van der Waals surface area contributed by atoms with Crippen LogP contribution in [0.4, 0.5) is 11.7 Å². The lowest BCUT2D eigenvalue weighted by molar-refractivity contribution is 0.430. The highest BCUT2D eigenvalue weighted by Gasteiger charge is 2.27. The van der Waals surface area contributed by atoms with Gasteiger partial charge in [-0.05, 0) is 13.8 Å². The second kappa shape index (κ2) is 4.72. The van der Waals surface area contributed by atoms with E-state index in [9.17, 15) is 8.42 Å². The highest BCUT2D eigenvalue weighted by Crippen LogP contribution is 2.28. The van der Waals surface area contributed by atoms with Gasteiger partial charge in [-0.25, -0.2) is 10.6 Å². The zero-order chi connectivity index (χ0) is 15.2. The SMILES string of the molecule is Cc1noc(NS(=O)(=O)c2c(NN)nc3sccn23)c1C. The third-order valence-corrected chi connectivity index (χ3v) is 5.10. The normalized spacial score (nSPS) is 12.0. The van der Waals surface area contributed by atoms with Crippen molar-refractivity contribution < 1.29 is 12.9 Å². The molecule has 0 saturated carbocycles. The van der Waals surface area contributed by atoms with Gasteiger partial charge in [-0.15, -0.1) is 11.3 Å². The molecule has 0 saturated heterocycles. The zero-order valence-corrected chi connectivity index (χ0v) is 12.7. The standard InChI is InChI=1S/C10H12N6O3S2/c1-5-6(2)14-19-8(5)15-21(17,18)9-7(13-11)12-10-16(9)3-4-20-10/h3-4,13,15H,11H2,1-2H3. The van der Waals surface area contributed by atoms with Crippen molar-refractivity contribution in [2.24, 2.45) is 5.84 Å². The van der Waals surface area contributed by atoms with Gasteiger partial charge in [0.25, 0.3) is 10.0 Å². The van der Waals surface area contributed by atoms with E-state index in [2.05, 4.69) is 20.3 Å². The van der Waals surface area contributed by atoms with Crippen LogP contribution in [0.25, 0.3) is 4.96 Å². The van der Waals surface area contributed by atoms with Gasteiger partial charge in [-0.2, -0.15) is 13.4 Å². The van der Waals surface area contributed by atoms with E-state index in [1.165, 1.54) is 15.7 Å². The average Bonchev–Trinajstić information content (AvgIpc) is 3.08. The molecule has 0 unspecified atom stereocenters. The topological polar surface area (TPSA) is 128 Å². The molecular formula is C10H12N6O3S2. The van der Waals surface area contributed by atoms with Crippen molar-refractivity contribution >= 4 is 38.0 Å². The number of nitrogens with zero attached hydrogens (tertiary/aromatic N) is 3. The molecule has 0 bridgehead atoms. The molecule has 0 aliphatic heterocycles. The number of aromatic nitrogens is 3. The van der Waals surface area contributed by atoms with Crippen LogP contribution in [0.2, 0.25) is 0 Å². The highest BCUT2D eigenvalue weighted by atomic mass is 32.2. The first-order valence-corrected chi connectivity index (χ1v) is 8.18. The lowest BCUT2D eigenvalue weighted by atomic mass is 10.3. The molecule has 0 fully saturated rings. The smallest absolute Gasteiger partial charge is 0.284 e. The number of aryl methyl sites for hydroxylation is 1. The summed E-state index contributed by atoms with van der Waals surface area (Å²) >= 11 is 1.30. The van der Waals surface area contributed by atoms with Crippen molar-refractivity contribution in [1.82, 2.24) is 14.5 Å². The first-order valence-electron chi connectivity index (χ1n) is 5.82. The van der Waals surface area contributed by atoms with Crippen molar-refractivity contribution in [3.8, 4) is 0 Å². The van der Waals surface area contributed by atoms with Crippen molar-refractivity contribution in [1.29, 1.82) is 0 Å². The maximum absolute atomic E-state index is 12.6. The van der Waals surface area contributed by atoms with Gasteiger partial charge in [0.05, 0.1) is 5.69 Å². The summed E-state index contributed by atoms with van der Waals surface area (Å²) in [5.74, 6) is 5.48. The van der Waals surface area contributed by atoms with Gasteiger partial charge in [-0.3, -0.25) is 4.40 Å². The molecule has 21 heavy (non-hydrogen) atoms. The largest absolute Gasteiger partial charge is 0.337 e. The fourth-order valence-corrected chi connectivity index (χ4v) is 3.86. The lowest BCUT2D eigenvalue weighted by Gasteiger charge is -2.06. The summed E-state index contributed by atoms with van der Waals surface area (Å²) in [4.78, 5) is 4.61. The van der Waals surface area contributed by atoms with Crippen LogP contribution in [0.1, 0.15) is 11.3 Å². The molecule has 112 valence electrons. The van der Waals surface area contributed by atoms with Crippen LogP contribution in [0, 0.1) is 13.8 Å². The maximum atomic E-state index is 12.6. The van der Waals surface area contributed by atoms with E-state index in [1.54, 1.807) is 25.4 Å². The Kier molecular flexibility index (Phi) is 3.11. The summed E-state index contributed by atoms with van der Waals surface area (Å²) in [7, 11) is -3.94. The summed E-state index contributed by atoms with van der Waals surface area (Å²) in [5.41, 5.74) is 3.52. The molecule has 11 heteroatoms. The van der Waals surface area contributed by atoms with Crippen LogP contribution in [0.5, 0.6) is 0 Å². The maximum Gasteiger partial charge on any atom is 0.284 e. The number of hydrogen-bond acceptors (Lipinski definition) is 8. The molecule has 0 aliphatic carbocycles. The minimum atomic E-state index is -3.94. The molecule has 0 aliphatic rings. The van der Waals surface area contributed by atoms with E-state index in [0.29, 0.717) is 16.2 Å². The van der Waals surface area contributed by atoms with Gasteiger partial charge in [0.15, 0.2) is 10.8 Å². The molecule has 0 amide bonds. The number of nitrogens with two attached hydrogens (primary N) is 1. The Labute approximate surface area is 123 Å². The molecule has 3 aromatic rings. The Balaban J connectivity index is 2.11. The average molecular weight is 328 g/mol. The van der Waals surface area contributed by atoms with E-state index >= 15 is 0 Å². The Morgan fingerprint density at radius 2 is 2.19 bits per heavy atom. The number of nitrogens with one attached hydrogen (secondary N) is 2. The van der Waals surface area contributed by atoms with E-state index < -0.39 is 10.0 Å². The van der Waals surface area contributed by atoms with Crippen LogP contribution in [-0.4, -0.2) is 23.0 Å². The molecule has 3 rings (SSSR count). The third kappa shape index (κ3) is 2.14. The van der Waals surface area contributed by atoms with Gasteiger partial charge < -0.3 is 9.95 Å². The minimum Gasteiger partial charge on any atom is -0.337 e. The van der Waals surface area contributed by atoms with E-state index in [0.717, 1.165) is 0 Å². The predicted molar refractivity (Wildman–Crippen MR) is 77.7 cm³/mol. The number of thiazole rings is 1. The van der Waals surface area contributed by atoms with Crippen molar-refractivity contribution in [2.45, 2.75) is 18.9 Å². The number of imidazole rings is 1. The predicted octanol–water partition coefficient (Wildman–Crippen LogP) is 1.09. The molecule has 3 aromatic heterocycles. The van der Waals surface area contributed by atoms with E-state index in [4.69, 9.17) is 10.4 Å². The summed E-state index contributed by atoms with van der Waals surface area (Å²) in [5, 5.41) is 5.35. The van der Waals surface area contributed by atoms with Crippen LogP contribution >= 0.6 is 11.3 Å². The van der Waals surface area contributed by atoms with Crippen molar-refractivity contribution in [3.63, 3.8) is 0 Å². The Morgan fingerprint density at radius 1 is 1.43 bits per heavy atom. The van der Waals surface area contributed by atoms with Crippen molar-refractivity contribution in [3.05, 3.63) is 22.8 Å². The monoisotopic (exact) mass is 328 g/mol.